The van der Waals surface area contributed by atoms with E-state index < -0.39 is 0 Å². The maximum absolute atomic E-state index is 6.43. The minimum absolute atomic E-state index is 1.70. The van der Waals surface area contributed by atoms with E-state index >= 15 is 0 Å². The topological polar surface area (TPSA) is 0 Å². The Labute approximate surface area is 79.1 Å². The van der Waals surface area contributed by atoms with E-state index in [1.807, 2.05) is 5.92 Å². The molecule has 0 aromatic heterocycles. The fraction of sp³-hybridized carbons (Fsp3) is 0.0769. The lowest BCUT2D eigenvalue weighted by molar-refractivity contribution is 1.92. The highest BCUT2D eigenvalue weighted by Crippen LogP contribution is 1.55. The van der Waals surface area contributed by atoms with Crippen LogP contribution in [0.5, 0.6) is 0 Å². The van der Waals surface area contributed by atoms with Gasteiger partial charge in [0.1, 0.15) is 0 Å². The summed E-state index contributed by atoms with van der Waals surface area (Å²) < 4.78 is 0. The number of hydrogen-bond donors (Lipinski definition) is 0. The molecule has 0 aliphatic heterocycles. The molecule has 0 heterocycles. The Morgan fingerprint density at radius 2 is 1.00 bits per heavy atom. The second-order valence-corrected chi connectivity index (χ2v) is 1.50. The van der Waals surface area contributed by atoms with Crippen molar-refractivity contribution >= 4 is 0 Å². The van der Waals surface area contributed by atoms with Gasteiger partial charge in [-0.05, 0) is 48.4 Å². The Kier molecular flexibility index (Phi) is 7.46. The summed E-state index contributed by atoms with van der Waals surface area (Å²) in [5.74, 6) is 26.4. The third-order valence-electron chi connectivity index (χ3n) is 0.688. The minimum atomic E-state index is 1.70. The highest BCUT2D eigenvalue weighted by atomic mass is 13.6. The summed E-state index contributed by atoms with van der Waals surface area (Å²) in [6, 6.07) is 0. The fourth-order valence-electron chi connectivity index (χ4n) is 0.312. The van der Waals surface area contributed by atoms with Crippen molar-refractivity contribution in [1.29, 1.82) is 0 Å². The van der Waals surface area contributed by atoms with Crippen LogP contribution in [0, 0.1) is 71.5 Å². The molecular formula is C13H3-. The van der Waals surface area contributed by atoms with Crippen LogP contribution in [0.25, 0.3) is 0 Å². The maximum Gasteiger partial charge on any atom is -0.00000144 e. The average Bonchev–Trinajstić information content (AvgIpc) is 2.16. The van der Waals surface area contributed by atoms with E-state index in [2.05, 4.69) is 59.2 Å². The van der Waals surface area contributed by atoms with Gasteiger partial charge in [-0.25, -0.2) is 5.92 Å². The first-order chi connectivity index (χ1) is 6.41. The molecule has 0 unspecified atom stereocenters. The zero-order chi connectivity index (χ0) is 9.78. The molecule has 0 bridgehead atoms. The SMILES string of the molecule is [C-]#CC#CC#CC#CC#CC#CC. The van der Waals surface area contributed by atoms with Crippen LogP contribution in [-0.4, -0.2) is 0 Å². The van der Waals surface area contributed by atoms with E-state index in [1.165, 1.54) is 0 Å². The lowest BCUT2D eigenvalue weighted by atomic mass is 10.5. The fourth-order valence-corrected chi connectivity index (χ4v) is 0.312. The van der Waals surface area contributed by atoms with E-state index in [9.17, 15) is 0 Å². The zero-order valence-corrected chi connectivity index (χ0v) is 7.00. The first-order valence-corrected chi connectivity index (χ1v) is 3.25. The van der Waals surface area contributed by atoms with Gasteiger partial charge in [0, 0.05) is 0 Å². The van der Waals surface area contributed by atoms with Gasteiger partial charge in [-0.15, -0.1) is 5.92 Å². The quantitative estimate of drug-likeness (QED) is 0.359. The van der Waals surface area contributed by atoms with E-state index in [-0.39, 0.29) is 0 Å². The molecule has 0 aromatic carbocycles. The summed E-state index contributed by atoms with van der Waals surface area (Å²) in [5, 5.41) is 0. The third-order valence-corrected chi connectivity index (χ3v) is 0.688. The molecule has 0 aromatic rings. The molecule has 0 amide bonds. The van der Waals surface area contributed by atoms with E-state index in [0.29, 0.717) is 0 Å². The van der Waals surface area contributed by atoms with Crippen molar-refractivity contribution in [3.63, 3.8) is 0 Å². The van der Waals surface area contributed by atoms with Crippen LogP contribution in [0.4, 0.5) is 0 Å². The molecule has 0 aliphatic rings. The molecule has 0 fully saturated rings. The Morgan fingerprint density at radius 3 is 1.38 bits per heavy atom. The molecule has 13 heavy (non-hydrogen) atoms. The van der Waals surface area contributed by atoms with Crippen LogP contribution in [0.1, 0.15) is 6.92 Å². The molecule has 0 nitrogen and oxygen atoms in total. The van der Waals surface area contributed by atoms with Crippen molar-refractivity contribution in [2.45, 2.75) is 6.92 Å². The summed E-state index contributed by atoms with van der Waals surface area (Å²) in [7, 11) is 0. The predicted octanol–water partition coefficient (Wildman–Crippen LogP) is 0.613. The molecule has 0 spiro atoms. The molecule has 0 saturated carbocycles. The van der Waals surface area contributed by atoms with Gasteiger partial charge in [-0.2, -0.15) is 0 Å². The second-order valence-electron chi connectivity index (χ2n) is 1.50. The monoisotopic (exact) mass is 159 g/mol. The van der Waals surface area contributed by atoms with Crippen LogP contribution in [-0.2, 0) is 0 Å². The Morgan fingerprint density at radius 1 is 0.615 bits per heavy atom. The van der Waals surface area contributed by atoms with Crippen LogP contribution in [0.3, 0.4) is 0 Å². The summed E-state index contributed by atoms with van der Waals surface area (Å²) >= 11 is 0. The Balaban J connectivity index is 4.14. The van der Waals surface area contributed by atoms with Crippen molar-refractivity contribution in [2.75, 3.05) is 0 Å². The van der Waals surface area contributed by atoms with Gasteiger partial charge in [0.2, 0.25) is 0 Å². The Hall–Kier alpha value is -2.64. The van der Waals surface area contributed by atoms with Gasteiger partial charge in [0.25, 0.3) is 0 Å². The van der Waals surface area contributed by atoms with E-state index in [0.717, 1.165) is 0 Å². The van der Waals surface area contributed by atoms with Crippen LogP contribution < -0.4 is 0 Å². The number of rotatable bonds is 0. The standard InChI is InChI=1S/C13H3/c1-3-5-7-9-11-13-12-10-8-6-4-2/h1H3/q-1. The van der Waals surface area contributed by atoms with Gasteiger partial charge in [0.15, 0.2) is 0 Å². The van der Waals surface area contributed by atoms with Crippen LogP contribution in [0.2, 0.25) is 0 Å². The molecule has 0 aliphatic carbocycles. The summed E-state index contributed by atoms with van der Waals surface area (Å²) in [6.07, 6.45) is 6.43. The van der Waals surface area contributed by atoms with E-state index in [1.54, 1.807) is 6.92 Å². The van der Waals surface area contributed by atoms with Gasteiger partial charge < -0.3 is 6.42 Å². The van der Waals surface area contributed by atoms with Crippen molar-refractivity contribution < 1.29 is 0 Å². The molecule has 0 saturated heterocycles. The van der Waals surface area contributed by atoms with Gasteiger partial charge in [-0.3, -0.25) is 5.92 Å². The molecule has 56 valence electrons. The molecule has 0 atom stereocenters. The van der Waals surface area contributed by atoms with Crippen LogP contribution >= 0.6 is 0 Å². The van der Waals surface area contributed by atoms with Crippen molar-refractivity contribution in [2.24, 2.45) is 0 Å². The summed E-state index contributed by atoms with van der Waals surface area (Å²) in [4.78, 5) is 0. The summed E-state index contributed by atoms with van der Waals surface area (Å²) in [5.41, 5.74) is 0. The molecule has 0 radical (unpaired) electrons. The highest BCUT2D eigenvalue weighted by Gasteiger charge is 1.53. The average molecular weight is 159 g/mol. The Bertz CT molecular complexity index is 498. The minimum Gasteiger partial charge on any atom is -0.358 e. The summed E-state index contributed by atoms with van der Waals surface area (Å²) in [6.45, 7) is 1.70. The predicted molar refractivity (Wildman–Crippen MR) is 51.7 cm³/mol. The maximum atomic E-state index is 6.43. The lowest BCUT2D eigenvalue weighted by Gasteiger charge is -1.63. The highest BCUT2D eigenvalue weighted by molar-refractivity contribution is 5.43. The molecular weight excluding hydrogens is 156 g/mol. The largest absolute Gasteiger partial charge is 0.358 e. The lowest BCUT2D eigenvalue weighted by Crippen LogP contribution is -1.54. The third kappa shape index (κ3) is 9.36. The smallest absolute Gasteiger partial charge is 0.00000144 e. The normalized spacial score (nSPS) is 3.69. The molecule has 0 rings (SSSR count). The van der Waals surface area contributed by atoms with E-state index in [4.69, 9.17) is 6.42 Å². The first kappa shape index (κ1) is 10.4. The second kappa shape index (κ2) is 9.36. The van der Waals surface area contributed by atoms with Gasteiger partial charge >= 0.3 is 0 Å². The molecule has 0 N–H and O–H groups in total. The number of hydrogen-bond acceptors (Lipinski definition) is 0. The van der Waals surface area contributed by atoms with Crippen molar-refractivity contribution in [1.82, 2.24) is 0 Å². The van der Waals surface area contributed by atoms with Crippen LogP contribution in [0.15, 0.2) is 0 Å². The van der Waals surface area contributed by atoms with Crippen molar-refractivity contribution in [3.05, 3.63) is 6.42 Å². The van der Waals surface area contributed by atoms with Gasteiger partial charge in [-0.1, -0.05) is 5.92 Å². The molecule has 0 heteroatoms. The zero-order valence-electron chi connectivity index (χ0n) is 7.00. The first-order valence-electron chi connectivity index (χ1n) is 3.25. The van der Waals surface area contributed by atoms with Crippen molar-refractivity contribution in [3.8, 4) is 65.1 Å². The van der Waals surface area contributed by atoms with Gasteiger partial charge in [0.05, 0.1) is 0 Å².